The summed E-state index contributed by atoms with van der Waals surface area (Å²) < 4.78 is 21.9. The average molecular weight is 609 g/mol. The van der Waals surface area contributed by atoms with Crippen molar-refractivity contribution in [1.29, 1.82) is 0 Å². The number of amides is 1. The molecule has 0 aromatic heterocycles. The maximum atomic E-state index is 12.7. The third-order valence-corrected chi connectivity index (χ3v) is 8.50. The molecule has 0 aliphatic carbocycles. The zero-order valence-corrected chi connectivity index (χ0v) is 27.3. The highest BCUT2D eigenvalue weighted by atomic mass is 31.2. The number of aliphatic hydroxyl groups excluding tert-OH is 2. The Morgan fingerprint density at radius 2 is 1.17 bits per heavy atom. The van der Waals surface area contributed by atoms with Gasteiger partial charge in [0, 0.05) is 6.54 Å². The summed E-state index contributed by atoms with van der Waals surface area (Å²) in [5.41, 5.74) is 5.32. The van der Waals surface area contributed by atoms with Gasteiger partial charge in [-0.3, -0.25) is 13.8 Å². The Morgan fingerprint density at radius 3 is 1.63 bits per heavy atom. The number of carbonyl (C=O) groups is 1. The molecule has 4 unspecified atom stereocenters. The van der Waals surface area contributed by atoms with Crippen LogP contribution in [0, 0.1) is 0 Å². The number of rotatable bonds is 31. The predicted molar refractivity (Wildman–Crippen MR) is 168 cm³/mol. The fourth-order valence-corrected chi connectivity index (χ4v) is 5.70. The first-order valence-electron chi connectivity index (χ1n) is 16.7. The third-order valence-electron chi connectivity index (χ3n) is 7.52. The van der Waals surface area contributed by atoms with Gasteiger partial charge in [0.1, 0.15) is 0 Å². The number of hydrogen-bond donors (Lipinski definition) is 5. The fourth-order valence-electron chi connectivity index (χ4n) is 4.94. The summed E-state index contributed by atoms with van der Waals surface area (Å²) in [5.74, 6) is -0.417. The molecular formula is C31H65N2O7P. The summed E-state index contributed by atoms with van der Waals surface area (Å²) in [5, 5.41) is 23.8. The molecule has 0 saturated carbocycles. The number of nitrogens with one attached hydrogen (secondary N) is 1. The van der Waals surface area contributed by atoms with Crippen molar-refractivity contribution in [2.75, 3.05) is 19.8 Å². The second kappa shape index (κ2) is 28.2. The maximum Gasteiger partial charge on any atom is 0.472 e. The van der Waals surface area contributed by atoms with Crippen LogP contribution in [0.2, 0.25) is 0 Å². The van der Waals surface area contributed by atoms with Crippen LogP contribution in [0.4, 0.5) is 0 Å². The molecule has 0 aromatic carbocycles. The molecule has 41 heavy (non-hydrogen) atoms. The van der Waals surface area contributed by atoms with Crippen molar-refractivity contribution in [2.45, 2.75) is 173 Å². The fraction of sp³-hybridized carbons (Fsp3) is 0.968. The smallest absolute Gasteiger partial charge is 0.393 e. The molecule has 0 saturated heterocycles. The lowest BCUT2D eigenvalue weighted by Crippen LogP contribution is -2.47. The maximum absolute atomic E-state index is 12.7. The van der Waals surface area contributed by atoms with Gasteiger partial charge in [-0.1, -0.05) is 136 Å². The van der Waals surface area contributed by atoms with Crippen LogP contribution in [0.15, 0.2) is 0 Å². The zero-order valence-electron chi connectivity index (χ0n) is 26.4. The molecule has 0 bridgehead atoms. The van der Waals surface area contributed by atoms with Crippen LogP contribution in [0.25, 0.3) is 0 Å². The summed E-state index contributed by atoms with van der Waals surface area (Å²) in [6.07, 6.45) is 21.6. The highest BCUT2D eigenvalue weighted by Gasteiger charge is 2.28. The van der Waals surface area contributed by atoms with Gasteiger partial charge in [0.05, 0.1) is 37.9 Å². The van der Waals surface area contributed by atoms with Gasteiger partial charge in [-0.05, 0) is 12.8 Å². The molecule has 0 aliphatic rings. The SMILES string of the molecule is CCCCCCCCCCCCCC(O)CC(=O)NC(COP(=O)(O)OCCN)C(O)CCCCCCCCCC. The van der Waals surface area contributed by atoms with Crippen LogP contribution in [0.5, 0.6) is 0 Å². The van der Waals surface area contributed by atoms with Crippen molar-refractivity contribution in [3.05, 3.63) is 0 Å². The van der Waals surface area contributed by atoms with Gasteiger partial charge >= 0.3 is 7.82 Å². The van der Waals surface area contributed by atoms with E-state index in [4.69, 9.17) is 14.8 Å². The molecule has 0 spiro atoms. The van der Waals surface area contributed by atoms with Gasteiger partial charge < -0.3 is 26.2 Å². The van der Waals surface area contributed by atoms with Crippen LogP contribution in [-0.4, -0.2) is 59.0 Å². The summed E-state index contributed by atoms with van der Waals surface area (Å²) in [7, 11) is -4.35. The summed E-state index contributed by atoms with van der Waals surface area (Å²) >= 11 is 0. The van der Waals surface area contributed by atoms with E-state index < -0.39 is 32.0 Å². The molecule has 0 aromatic rings. The molecule has 9 nitrogen and oxygen atoms in total. The molecule has 246 valence electrons. The highest BCUT2D eigenvalue weighted by Crippen LogP contribution is 2.43. The quantitative estimate of drug-likeness (QED) is 0.0421. The van der Waals surface area contributed by atoms with Crippen molar-refractivity contribution >= 4 is 13.7 Å². The number of unbranched alkanes of at least 4 members (excludes halogenated alkanes) is 17. The number of phosphoric ester groups is 1. The Morgan fingerprint density at radius 1 is 0.732 bits per heavy atom. The first kappa shape index (κ1) is 40.5. The average Bonchev–Trinajstić information content (AvgIpc) is 2.94. The van der Waals surface area contributed by atoms with E-state index in [0.717, 1.165) is 38.5 Å². The van der Waals surface area contributed by atoms with Crippen LogP contribution >= 0.6 is 7.82 Å². The highest BCUT2D eigenvalue weighted by molar-refractivity contribution is 7.47. The van der Waals surface area contributed by atoms with Crippen LogP contribution in [0.3, 0.4) is 0 Å². The van der Waals surface area contributed by atoms with Gasteiger partial charge in [0.25, 0.3) is 0 Å². The van der Waals surface area contributed by atoms with Gasteiger partial charge in [-0.25, -0.2) is 4.57 Å². The number of aliphatic hydroxyl groups is 2. The normalized spacial score (nSPS) is 15.4. The Bertz CT molecular complexity index is 642. The topological polar surface area (TPSA) is 151 Å². The zero-order chi connectivity index (χ0) is 30.6. The second-order valence-corrected chi connectivity index (χ2v) is 13.0. The lowest BCUT2D eigenvalue weighted by molar-refractivity contribution is -0.125. The minimum Gasteiger partial charge on any atom is -0.393 e. The van der Waals surface area contributed by atoms with E-state index in [1.54, 1.807) is 0 Å². The molecule has 0 aliphatic heterocycles. The van der Waals surface area contributed by atoms with Crippen LogP contribution in [-0.2, 0) is 18.4 Å². The largest absolute Gasteiger partial charge is 0.472 e. The third kappa shape index (κ3) is 26.8. The Kier molecular flexibility index (Phi) is 27.9. The summed E-state index contributed by atoms with van der Waals surface area (Å²) in [6.45, 7) is 3.97. The standard InChI is InChI=1S/C31H65N2O7P/c1-3-5-7-9-11-13-14-15-16-18-20-22-28(34)26-31(36)33-29(27-40-41(37,38)39-25-24-32)30(35)23-21-19-17-12-10-8-6-4-2/h28-30,34-35H,3-27,32H2,1-2H3,(H,33,36)(H,37,38). The first-order chi connectivity index (χ1) is 19.8. The van der Waals surface area contributed by atoms with Crippen LogP contribution in [0.1, 0.15) is 155 Å². The minimum absolute atomic E-state index is 0.0617. The Balaban J connectivity index is 4.42. The van der Waals surface area contributed by atoms with E-state index in [9.17, 15) is 24.5 Å². The molecule has 4 atom stereocenters. The van der Waals surface area contributed by atoms with E-state index in [1.807, 2.05) is 0 Å². The van der Waals surface area contributed by atoms with Crippen molar-refractivity contribution in [2.24, 2.45) is 5.73 Å². The van der Waals surface area contributed by atoms with E-state index >= 15 is 0 Å². The molecule has 10 heteroatoms. The molecule has 0 radical (unpaired) electrons. The molecule has 0 heterocycles. The van der Waals surface area contributed by atoms with Gasteiger partial charge in [-0.15, -0.1) is 0 Å². The molecule has 6 N–H and O–H groups in total. The lowest BCUT2D eigenvalue weighted by Gasteiger charge is -2.25. The second-order valence-electron chi connectivity index (χ2n) is 11.6. The van der Waals surface area contributed by atoms with E-state index in [0.29, 0.717) is 12.8 Å². The number of carbonyl (C=O) groups excluding carboxylic acids is 1. The van der Waals surface area contributed by atoms with E-state index in [2.05, 4.69) is 19.2 Å². The summed E-state index contributed by atoms with van der Waals surface area (Å²) in [4.78, 5) is 22.5. The van der Waals surface area contributed by atoms with Crippen molar-refractivity contribution in [3.8, 4) is 0 Å². The Labute approximate surface area is 251 Å². The lowest BCUT2D eigenvalue weighted by atomic mass is 10.0. The number of phosphoric acid groups is 1. The minimum atomic E-state index is -4.35. The molecule has 1 amide bonds. The van der Waals surface area contributed by atoms with Gasteiger partial charge in [0.2, 0.25) is 5.91 Å². The van der Waals surface area contributed by atoms with E-state index in [-0.39, 0.29) is 26.2 Å². The predicted octanol–water partition coefficient (Wildman–Crippen LogP) is 6.91. The Hall–Kier alpha value is -0.540. The number of nitrogens with two attached hydrogens (primary N) is 1. The number of hydrogen-bond acceptors (Lipinski definition) is 7. The van der Waals surface area contributed by atoms with Crippen molar-refractivity contribution in [1.82, 2.24) is 5.32 Å². The summed E-state index contributed by atoms with van der Waals surface area (Å²) in [6, 6.07) is -0.886. The van der Waals surface area contributed by atoms with Crippen LogP contribution < -0.4 is 11.1 Å². The van der Waals surface area contributed by atoms with Crippen molar-refractivity contribution < 1.29 is 33.5 Å². The monoisotopic (exact) mass is 608 g/mol. The molecular weight excluding hydrogens is 543 g/mol. The first-order valence-corrected chi connectivity index (χ1v) is 18.2. The molecule has 0 rings (SSSR count). The van der Waals surface area contributed by atoms with Crippen molar-refractivity contribution in [3.63, 3.8) is 0 Å². The van der Waals surface area contributed by atoms with E-state index in [1.165, 1.54) is 83.5 Å². The molecule has 0 fully saturated rings. The van der Waals surface area contributed by atoms with Gasteiger partial charge in [-0.2, -0.15) is 0 Å². The van der Waals surface area contributed by atoms with Gasteiger partial charge in [0.15, 0.2) is 0 Å².